The van der Waals surface area contributed by atoms with E-state index in [1.54, 1.807) is 0 Å². The Balaban J connectivity index is 1.69. The summed E-state index contributed by atoms with van der Waals surface area (Å²) in [6.07, 6.45) is 0. The van der Waals surface area contributed by atoms with Crippen molar-refractivity contribution in [1.82, 2.24) is 4.90 Å². The van der Waals surface area contributed by atoms with Crippen LogP contribution in [0.2, 0.25) is 0 Å². The number of amides is 1. The largest absolute Gasteiger partial charge is 0.456 e. The highest BCUT2D eigenvalue weighted by molar-refractivity contribution is 8.01. The van der Waals surface area contributed by atoms with E-state index < -0.39 is 28.0 Å². The van der Waals surface area contributed by atoms with Crippen molar-refractivity contribution in [3.63, 3.8) is 0 Å². The molecule has 1 aromatic rings. The molecule has 0 N–H and O–H groups in total. The molecule has 124 valence electrons. The number of carbonyl (C=O) groups excluding carboxylic acids is 3. The monoisotopic (exact) mass is 368 g/mol. The molecule has 0 aromatic heterocycles. The first kappa shape index (κ1) is 16.5. The molecule has 24 heavy (non-hydrogen) atoms. The lowest BCUT2D eigenvalue weighted by Gasteiger charge is -2.41. The third kappa shape index (κ3) is 2.76. The van der Waals surface area contributed by atoms with Gasteiger partial charge in [-0.3, -0.25) is 24.6 Å². The smallest absolute Gasteiger partial charge is 0.356 e. The number of ketones is 1. The molecule has 0 unspecified atom stereocenters. The Hall–Kier alpha value is -2.39. The molecule has 2 aliphatic rings. The second-order valence-corrected chi connectivity index (χ2v) is 6.48. The van der Waals surface area contributed by atoms with Gasteiger partial charge < -0.3 is 4.74 Å². The van der Waals surface area contributed by atoms with E-state index in [2.05, 4.69) is 0 Å². The standard InChI is InChI=1S/C14H9ClN2O6S/c15-9-6-24-13-11(18)12(19)16(13)10(9)14(20)23-5-7-1-3-8(4-2-7)17(21)22/h1-4,13H,5-6H2/t13-/m1/s1. The van der Waals surface area contributed by atoms with Gasteiger partial charge >= 0.3 is 5.97 Å². The molecule has 8 nitrogen and oxygen atoms in total. The number of fused-ring (bicyclic) bond motifs is 1. The van der Waals surface area contributed by atoms with Crippen molar-refractivity contribution < 1.29 is 24.0 Å². The van der Waals surface area contributed by atoms with E-state index >= 15 is 0 Å². The first-order valence-corrected chi connectivity index (χ1v) is 8.11. The molecule has 2 heterocycles. The van der Waals surface area contributed by atoms with Crippen LogP contribution in [0.15, 0.2) is 35.0 Å². The molecule has 10 heteroatoms. The molecule has 1 aromatic carbocycles. The summed E-state index contributed by atoms with van der Waals surface area (Å²) in [5.74, 6) is -1.93. The number of carbonyl (C=O) groups is 3. The van der Waals surface area contributed by atoms with E-state index in [1.807, 2.05) is 0 Å². The third-order valence-corrected chi connectivity index (χ3v) is 5.13. The first-order valence-electron chi connectivity index (χ1n) is 6.68. The van der Waals surface area contributed by atoms with Crippen LogP contribution < -0.4 is 0 Å². The van der Waals surface area contributed by atoms with Gasteiger partial charge in [-0.15, -0.1) is 11.8 Å². The van der Waals surface area contributed by atoms with E-state index in [1.165, 1.54) is 36.0 Å². The fraction of sp³-hybridized carbons (Fsp3) is 0.214. The number of nitro groups is 1. The number of halogens is 1. The summed E-state index contributed by atoms with van der Waals surface area (Å²) in [6.45, 7) is -0.141. The van der Waals surface area contributed by atoms with Gasteiger partial charge in [-0.2, -0.15) is 0 Å². The fourth-order valence-corrected chi connectivity index (χ4v) is 3.64. The van der Waals surface area contributed by atoms with Gasteiger partial charge in [0.25, 0.3) is 17.4 Å². The van der Waals surface area contributed by atoms with Crippen LogP contribution in [0.25, 0.3) is 0 Å². The van der Waals surface area contributed by atoms with Crippen LogP contribution in [-0.4, -0.2) is 38.6 Å². The minimum Gasteiger partial charge on any atom is -0.456 e. The summed E-state index contributed by atoms with van der Waals surface area (Å²) < 4.78 is 5.11. The van der Waals surface area contributed by atoms with Crippen molar-refractivity contribution in [3.8, 4) is 0 Å². The van der Waals surface area contributed by atoms with Crippen LogP contribution in [0.5, 0.6) is 0 Å². The van der Waals surface area contributed by atoms with Crippen molar-refractivity contribution in [2.24, 2.45) is 0 Å². The molecule has 0 radical (unpaired) electrons. The fourth-order valence-electron chi connectivity index (χ4n) is 2.24. The van der Waals surface area contributed by atoms with Crippen molar-refractivity contribution in [2.45, 2.75) is 12.0 Å². The predicted molar refractivity (Wildman–Crippen MR) is 83.9 cm³/mol. The van der Waals surface area contributed by atoms with Gasteiger partial charge in [0.1, 0.15) is 12.3 Å². The number of non-ortho nitro benzene ring substituents is 1. The summed E-state index contributed by atoms with van der Waals surface area (Å²) in [6, 6.07) is 5.50. The maximum absolute atomic E-state index is 12.2. The minimum absolute atomic E-state index is 0.0762. The Morgan fingerprint density at radius 1 is 1.38 bits per heavy atom. The average Bonchev–Trinajstić information content (AvgIpc) is 2.59. The van der Waals surface area contributed by atoms with E-state index in [4.69, 9.17) is 16.3 Å². The number of hydrogen-bond acceptors (Lipinski definition) is 7. The quantitative estimate of drug-likeness (QED) is 0.261. The van der Waals surface area contributed by atoms with Gasteiger partial charge in [-0.05, 0) is 17.7 Å². The maximum atomic E-state index is 12.2. The van der Waals surface area contributed by atoms with Crippen LogP contribution in [0.1, 0.15) is 5.56 Å². The summed E-state index contributed by atoms with van der Waals surface area (Å²) >= 11 is 7.17. The molecule has 3 rings (SSSR count). The molecule has 1 saturated heterocycles. The number of rotatable bonds is 4. The number of nitrogens with zero attached hydrogens (tertiary/aromatic N) is 2. The molecule has 1 amide bonds. The summed E-state index contributed by atoms with van der Waals surface area (Å²) in [4.78, 5) is 46.4. The minimum atomic E-state index is -0.815. The molecule has 2 aliphatic heterocycles. The van der Waals surface area contributed by atoms with Gasteiger partial charge in [0.2, 0.25) is 0 Å². The zero-order valence-electron chi connectivity index (χ0n) is 11.9. The second-order valence-electron chi connectivity index (χ2n) is 4.96. The highest BCUT2D eigenvalue weighted by Crippen LogP contribution is 2.39. The highest BCUT2D eigenvalue weighted by Gasteiger charge is 2.53. The van der Waals surface area contributed by atoms with Gasteiger partial charge in [-0.25, -0.2) is 4.79 Å². The van der Waals surface area contributed by atoms with Crippen molar-refractivity contribution in [3.05, 3.63) is 50.7 Å². The van der Waals surface area contributed by atoms with E-state index in [9.17, 15) is 24.5 Å². The molecule has 0 spiro atoms. The van der Waals surface area contributed by atoms with Gasteiger partial charge in [0, 0.05) is 17.9 Å². The van der Waals surface area contributed by atoms with E-state index in [0.717, 1.165) is 4.90 Å². The zero-order chi connectivity index (χ0) is 17.4. The Morgan fingerprint density at radius 2 is 2.04 bits per heavy atom. The van der Waals surface area contributed by atoms with Crippen molar-refractivity contribution in [1.29, 1.82) is 0 Å². The number of nitro benzene ring substituents is 1. The summed E-state index contributed by atoms with van der Waals surface area (Å²) in [7, 11) is 0. The number of hydrogen-bond donors (Lipinski definition) is 0. The van der Waals surface area contributed by atoms with Gasteiger partial charge in [0.15, 0.2) is 5.37 Å². The number of Topliss-reactive ketones (excluding diaryl/α,β-unsaturated/α-hetero) is 1. The van der Waals surface area contributed by atoms with Crippen LogP contribution in [0.3, 0.4) is 0 Å². The van der Waals surface area contributed by atoms with Crippen molar-refractivity contribution in [2.75, 3.05) is 5.75 Å². The van der Waals surface area contributed by atoms with Crippen LogP contribution in [-0.2, 0) is 25.7 Å². The lowest BCUT2D eigenvalue weighted by molar-refractivity contribution is -0.384. The first-order chi connectivity index (χ1) is 11.4. The van der Waals surface area contributed by atoms with Crippen molar-refractivity contribution >= 4 is 46.7 Å². The van der Waals surface area contributed by atoms with E-state index in [0.29, 0.717) is 5.56 Å². The van der Waals surface area contributed by atoms with Gasteiger partial charge in [-0.1, -0.05) is 11.6 Å². The normalized spacial score (nSPS) is 19.7. The Labute approximate surface area is 144 Å². The second kappa shape index (κ2) is 6.25. The SMILES string of the molecule is O=C(OCc1ccc([N+](=O)[O-])cc1)C1=C(Cl)CS[C@@H]2C(=O)C(=O)N12. The Kier molecular flexibility index (Phi) is 4.29. The molecule has 1 fully saturated rings. The van der Waals surface area contributed by atoms with Crippen LogP contribution in [0.4, 0.5) is 5.69 Å². The highest BCUT2D eigenvalue weighted by atomic mass is 35.5. The predicted octanol–water partition coefficient (Wildman–Crippen LogP) is 1.57. The number of thioether (sulfide) groups is 1. The summed E-state index contributed by atoms with van der Waals surface area (Å²) in [5, 5.41) is 10.0. The number of ether oxygens (including phenoxy) is 1. The topological polar surface area (TPSA) is 107 Å². The molecular formula is C14H9ClN2O6S. The molecule has 0 aliphatic carbocycles. The summed E-state index contributed by atoms with van der Waals surface area (Å²) in [5.41, 5.74) is 0.345. The molecule has 0 bridgehead atoms. The van der Waals surface area contributed by atoms with Crippen LogP contribution in [0, 0.1) is 10.1 Å². The molecular weight excluding hydrogens is 360 g/mol. The van der Waals surface area contributed by atoms with Crippen LogP contribution >= 0.6 is 23.4 Å². The molecule has 1 atom stereocenters. The third-order valence-electron chi connectivity index (χ3n) is 3.46. The molecule has 0 saturated carbocycles. The average molecular weight is 369 g/mol. The Morgan fingerprint density at radius 3 is 2.67 bits per heavy atom. The zero-order valence-corrected chi connectivity index (χ0v) is 13.5. The lowest BCUT2D eigenvalue weighted by Crippen LogP contribution is -2.62. The van der Waals surface area contributed by atoms with E-state index in [-0.39, 0.29) is 28.8 Å². The maximum Gasteiger partial charge on any atom is 0.356 e. The number of benzene rings is 1. The lowest BCUT2D eigenvalue weighted by atomic mass is 10.1. The van der Waals surface area contributed by atoms with Gasteiger partial charge in [0.05, 0.1) is 9.96 Å². The Bertz CT molecular complexity index is 791. The number of β-lactam (4-membered cyclic amide) rings is 1. The number of esters is 1.